The molecule has 0 radical (unpaired) electrons. The largest absolute Gasteiger partial charge is 0.511 e. The highest BCUT2D eigenvalue weighted by atomic mass is 16.6. The second kappa shape index (κ2) is 19.0. The smallest absolute Gasteiger partial charge is 0.339 e. The molecule has 1 aliphatic rings. The van der Waals surface area contributed by atoms with Crippen molar-refractivity contribution >= 4 is 17.5 Å². The van der Waals surface area contributed by atoms with Gasteiger partial charge in [-0.2, -0.15) is 0 Å². The van der Waals surface area contributed by atoms with Crippen molar-refractivity contribution in [1.82, 2.24) is 0 Å². The maximum Gasteiger partial charge on any atom is 0.339 e. The molecule has 0 aromatic heterocycles. The van der Waals surface area contributed by atoms with E-state index in [0.29, 0.717) is 71.3 Å². The molecular formula is C33H52O10. The molecular weight excluding hydrogens is 556 g/mol. The predicted molar refractivity (Wildman–Crippen MR) is 163 cm³/mol. The first-order valence-corrected chi connectivity index (χ1v) is 15.3. The summed E-state index contributed by atoms with van der Waals surface area (Å²) in [4.78, 5) is 23.8. The number of aryl methyl sites for hydroxylation is 3. The first-order valence-electron chi connectivity index (χ1n) is 15.3. The number of carboxylic acid groups (broad SMARTS) is 1. The summed E-state index contributed by atoms with van der Waals surface area (Å²) >= 11 is 0. The van der Waals surface area contributed by atoms with Gasteiger partial charge in [0, 0.05) is 5.92 Å². The van der Waals surface area contributed by atoms with Crippen LogP contribution in [-0.2, 0) is 38.0 Å². The number of carbonyl (C=O) groups is 2. The van der Waals surface area contributed by atoms with Crippen molar-refractivity contribution < 1.29 is 48.2 Å². The Labute approximate surface area is 256 Å². The number of carbonyl (C=O) groups excluding carboxylic acids is 1. The zero-order chi connectivity index (χ0) is 31.8. The maximum atomic E-state index is 12.2. The summed E-state index contributed by atoms with van der Waals surface area (Å²) in [5.74, 6) is -1.71. The molecule has 1 aromatic carbocycles. The highest BCUT2D eigenvalue weighted by Gasteiger charge is 2.30. The van der Waals surface area contributed by atoms with E-state index in [1.165, 1.54) is 0 Å². The number of carboxylic acids is 1. The summed E-state index contributed by atoms with van der Waals surface area (Å²) in [6.07, 6.45) is 3.65. The van der Waals surface area contributed by atoms with E-state index in [-0.39, 0.29) is 35.9 Å². The summed E-state index contributed by atoms with van der Waals surface area (Å²) in [5, 5.41) is 21.0. The lowest BCUT2D eigenvalue weighted by atomic mass is 9.82. The van der Waals surface area contributed by atoms with Gasteiger partial charge in [-0.1, -0.05) is 24.6 Å². The van der Waals surface area contributed by atoms with Crippen LogP contribution in [0.5, 0.6) is 0 Å². The van der Waals surface area contributed by atoms with Gasteiger partial charge in [0.1, 0.15) is 23.5 Å². The zero-order valence-electron chi connectivity index (χ0n) is 26.9. The molecule has 1 aliphatic carbocycles. The van der Waals surface area contributed by atoms with E-state index in [4.69, 9.17) is 28.4 Å². The van der Waals surface area contributed by atoms with Gasteiger partial charge in [-0.3, -0.25) is 0 Å². The SMILES string of the molecule is CCC(C)(C)OC(=O)COCCOCCOCCOCCOC1CCC(/C(O)=C(\C(=O)O)c2c(C)cc(C)cc2C)CC1. The summed E-state index contributed by atoms with van der Waals surface area (Å²) in [7, 11) is 0. The summed E-state index contributed by atoms with van der Waals surface area (Å²) in [6.45, 7) is 14.7. The van der Waals surface area contributed by atoms with Crippen LogP contribution in [0.15, 0.2) is 17.9 Å². The number of esters is 1. The molecule has 0 spiro atoms. The first-order chi connectivity index (χ1) is 20.4. The van der Waals surface area contributed by atoms with Crippen LogP contribution in [0, 0.1) is 26.7 Å². The highest BCUT2D eigenvalue weighted by Crippen LogP contribution is 2.36. The van der Waals surface area contributed by atoms with Gasteiger partial charge in [0.2, 0.25) is 0 Å². The molecule has 244 valence electrons. The Morgan fingerprint density at radius 2 is 1.28 bits per heavy atom. The number of hydrogen-bond donors (Lipinski definition) is 2. The Kier molecular flexibility index (Phi) is 16.2. The number of benzene rings is 1. The molecule has 2 N–H and O–H groups in total. The number of aliphatic hydroxyl groups excluding tert-OH is 1. The van der Waals surface area contributed by atoms with Crippen molar-refractivity contribution in [2.45, 2.75) is 85.4 Å². The van der Waals surface area contributed by atoms with E-state index in [1.807, 2.05) is 53.7 Å². The summed E-state index contributed by atoms with van der Waals surface area (Å²) in [5.41, 5.74) is 2.92. The van der Waals surface area contributed by atoms with E-state index < -0.39 is 11.6 Å². The molecule has 0 atom stereocenters. The predicted octanol–water partition coefficient (Wildman–Crippen LogP) is 5.34. The van der Waals surface area contributed by atoms with Gasteiger partial charge in [0.25, 0.3) is 0 Å². The molecule has 0 unspecified atom stereocenters. The number of aliphatic hydroxyl groups is 1. The average molecular weight is 609 g/mol. The van der Waals surface area contributed by atoms with Crippen LogP contribution in [0.3, 0.4) is 0 Å². The monoisotopic (exact) mass is 608 g/mol. The molecule has 1 saturated carbocycles. The van der Waals surface area contributed by atoms with E-state index in [0.717, 1.165) is 36.0 Å². The lowest BCUT2D eigenvalue weighted by Crippen LogP contribution is -2.29. The van der Waals surface area contributed by atoms with Gasteiger partial charge in [-0.05, 0) is 83.4 Å². The minimum absolute atomic E-state index is 0.0150. The van der Waals surface area contributed by atoms with Gasteiger partial charge in [0.05, 0.1) is 59.0 Å². The second-order valence-electron chi connectivity index (χ2n) is 11.7. The minimum Gasteiger partial charge on any atom is -0.511 e. The van der Waals surface area contributed by atoms with Crippen molar-refractivity contribution in [3.05, 3.63) is 40.1 Å². The molecule has 0 saturated heterocycles. The molecule has 0 amide bonds. The Hall–Kier alpha value is -2.50. The topological polar surface area (TPSA) is 130 Å². The standard InChI is InChI=1S/C33H52O10/c1-7-33(5,6)43-28(34)22-41-17-16-39-13-12-38-14-15-40-18-19-42-27-10-8-26(9-11-27)31(35)30(32(36)37)29-24(3)20-23(2)21-25(29)4/h20-21,26-27,35H,7-19,22H2,1-6H3,(H,36,37)/b31-30+. The quantitative estimate of drug-likeness (QED) is 0.0866. The number of allylic oxidation sites excluding steroid dienone is 1. The molecule has 43 heavy (non-hydrogen) atoms. The third kappa shape index (κ3) is 13.4. The van der Waals surface area contributed by atoms with Gasteiger partial charge < -0.3 is 38.6 Å². The lowest BCUT2D eigenvalue weighted by molar-refractivity contribution is -0.162. The van der Waals surface area contributed by atoms with Gasteiger partial charge >= 0.3 is 11.9 Å². The third-order valence-electron chi connectivity index (χ3n) is 7.62. The summed E-state index contributed by atoms with van der Waals surface area (Å²) in [6, 6.07) is 3.90. The van der Waals surface area contributed by atoms with Gasteiger partial charge in [-0.25, -0.2) is 9.59 Å². The Balaban J connectivity index is 1.52. The van der Waals surface area contributed by atoms with Crippen molar-refractivity contribution in [2.75, 3.05) is 59.5 Å². The Morgan fingerprint density at radius 3 is 1.77 bits per heavy atom. The normalized spacial score (nSPS) is 17.9. The van der Waals surface area contributed by atoms with Gasteiger partial charge in [0.15, 0.2) is 0 Å². The molecule has 0 aliphatic heterocycles. The van der Waals surface area contributed by atoms with Crippen LogP contribution < -0.4 is 0 Å². The molecule has 1 aromatic rings. The Bertz CT molecular complexity index is 1020. The van der Waals surface area contributed by atoms with Crippen LogP contribution in [-0.4, -0.2) is 93.3 Å². The van der Waals surface area contributed by atoms with Crippen LogP contribution in [0.25, 0.3) is 5.57 Å². The Morgan fingerprint density at radius 1 is 0.791 bits per heavy atom. The molecule has 0 heterocycles. The third-order valence-corrected chi connectivity index (χ3v) is 7.62. The minimum atomic E-state index is -1.10. The van der Waals surface area contributed by atoms with Crippen molar-refractivity contribution in [1.29, 1.82) is 0 Å². The summed E-state index contributed by atoms with van der Waals surface area (Å²) < 4.78 is 33.0. The highest BCUT2D eigenvalue weighted by molar-refractivity contribution is 6.17. The maximum absolute atomic E-state index is 12.2. The van der Waals surface area contributed by atoms with Crippen LogP contribution in [0.2, 0.25) is 0 Å². The zero-order valence-corrected chi connectivity index (χ0v) is 26.9. The molecule has 2 rings (SSSR count). The van der Waals surface area contributed by atoms with Crippen LogP contribution in [0.1, 0.15) is 75.1 Å². The fourth-order valence-corrected chi connectivity index (χ4v) is 5.12. The first kappa shape index (κ1) is 36.7. The van der Waals surface area contributed by atoms with E-state index in [9.17, 15) is 19.8 Å². The molecule has 10 heteroatoms. The van der Waals surface area contributed by atoms with E-state index in [2.05, 4.69) is 0 Å². The number of ether oxygens (including phenoxy) is 6. The van der Waals surface area contributed by atoms with Crippen LogP contribution >= 0.6 is 0 Å². The van der Waals surface area contributed by atoms with Crippen molar-refractivity contribution in [3.8, 4) is 0 Å². The fraction of sp³-hybridized carbons (Fsp3) is 0.697. The number of aliphatic carboxylic acids is 1. The molecule has 10 nitrogen and oxygen atoms in total. The van der Waals surface area contributed by atoms with Crippen molar-refractivity contribution in [3.63, 3.8) is 0 Å². The fourth-order valence-electron chi connectivity index (χ4n) is 5.12. The van der Waals surface area contributed by atoms with E-state index >= 15 is 0 Å². The molecule has 1 fully saturated rings. The average Bonchev–Trinajstić information content (AvgIpc) is 2.94. The van der Waals surface area contributed by atoms with E-state index in [1.54, 1.807) is 0 Å². The second-order valence-corrected chi connectivity index (χ2v) is 11.7. The van der Waals surface area contributed by atoms with Gasteiger partial charge in [-0.15, -0.1) is 0 Å². The lowest BCUT2D eigenvalue weighted by Gasteiger charge is -2.29. The van der Waals surface area contributed by atoms with Crippen LogP contribution in [0.4, 0.5) is 0 Å². The van der Waals surface area contributed by atoms with Crippen molar-refractivity contribution in [2.24, 2.45) is 5.92 Å². The molecule has 0 bridgehead atoms. The number of hydrogen-bond acceptors (Lipinski definition) is 9. The number of rotatable bonds is 20.